The second kappa shape index (κ2) is 5.88. The van der Waals surface area contributed by atoms with Crippen molar-refractivity contribution in [1.29, 1.82) is 0 Å². The number of amides is 1. The molecule has 21 heavy (non-hydrogen) atoms. The van der Waals surface area contributed by atoms with Crippen molar-refractivity contribution in [3.05, 3.63) is 0 Å². The Morgan fingerprint density at radius 1 is 1.24 bits per heavy atom. The molecule has 2 saturated carbocycles. The summed E-state index contributed by atoms with van der Waals surface area (Å²) in [4.78, 5) is 12.4. The summed E-state index contributed by atoms with van der Waals surface area (Å²) in [5, 5.41) is 13.6. The van der Waals surface area contributed by atoms with Crippen molar-refractivity contribution in [2.24, 2.45) is 17.1 Å². The first-order valence-electron chi connectivity index (χ1n) is 8.44. The number of hydrogen-bond acceptors (Lipinski definition) is 3. The van der Waals surface area contributed by atoms with Crippen LogP contribution in [0.5, 0.6) is 0 Å². The molecule has 4 heteroatoms. The molecule has 2 aliphatic carbocycles. The molecule has 0 heterocycles. The van der Waals surface area contributed by atoms with Crippen LogP contribution in [0.25, 0.3) is 0 Å². The van der Waals surface area contributed by atoms with Crippen LogP contribution in [0.1, 0.15) is 72.1 Å². The summed E-state index contributed by atoms with van der Waals surface area (Å²) in [6.45, 7) is 6.98. The summed E-state index contributed by atoms with van der Waals surface area (Å²) in [6.07, 6.45) is 7.21. The first-order chi connectivity index (χ1) is 9.64. The van der Waals surface area contributed by atoms with Crippen molar-refractivity contribution in [3.8, 4) is 0 Å². The SMILES string of the molecule is CC1CCCC(N)(C(=O)NCC2(O)CCC(C)(C)CC2)C1. The molecule has 2 rings (SSSR count). The molecular weight excluding hydrogens is 264 g/mol. The molecule has 2 unspecified atom stereocenters. The maximum Gasteiger partial charge on any atom is 0.240 e. The van der Waals surface area contributed by atoms with Crippen molar-refractivity contribution in [2.75, 3.05) is 6.54 Å². The summed E-state index contributed by atoms with van der Waals surface area (Å²) < 4.78 is 0. The van der Waals surface area contributed by atoms with Crippen molar-refractivity contribution in [3.63, 3.8) is 0 Å². The number of nitrogens with one attached hydrogen (secondary N) is 1. The van der Waals surface area contributed by atoms with E-state index in [0.29, 0.717) is 17.9 Å². The molecule has 4 nitrogen and oxygen atoms in total. The van der Waals surface area contributed by atoms with Gasteiger partial charge >= 0.3 is 0 Å². The molecular formula is C17H32N2O2. The fourth-order valence-corrected chi connectivity index (χ4v) is 3.79. The van der Waals surface area contributed by atoms with Crippen LogP contribution in [0.3, 0.4) is 0 Å². The van der Waals surface area contributed by atoms with Crippen LogP contribution in [0, 0.1) is 11.3 Å². The molecule has 2 atom stereocenters. The predicted octanol–water partition coefficient (Wildman–Crippen LogP) is 2.34. The Bertz CT molecular complexity index is 384. The summed E-state index contributed by atoms with van der Waals surface area (Å²) >= 11 is 0. The zero-order valence-electron chi connectivity index (χ0n) is 13.9. The van der Waals surface area contributed by atoms with Gasteiger partial charge in [-0.25, -0.2) is 0 Å². The van der Waals surface area contributed by atoms with Gasteiger partial charge in [-0.05, 0) is 49.9 Å². The van der Waals surface area contributed by atoms with Gasteiger partial charge in [0, 0.05) is 6.54 Å². The molecule has 0 aliphatic heterocycles. The van der Waals surface area contributed by atoms with Gasteiger partial charge in [0.25, 0.3) is 0 Å². The summed E-state index contributed by atoms with van der Waals surface area (Å²) in [6, 6.07) is 0. The first-order valence-corrected chi connectivity index (χ1v) is 8.44. The molecule has 2 aliphatic rings. The predicted molar refractivity (Wildman–Crippen MR) is 84.8 cm³/mol. The number of hydrogen-bond donors (Lipinski definition) is 3. The van der Waals surface area contributed by atoms with E-state index in [1.54, 1.807) is 0 Å². The summed E-state index contributed by atoms with van der Waals surface area (Å²) in [7, 11) is 0. The van der Waals surface area contributed by atoms with E-state index in [1.807, 2.05) is 0 Å². The molecule has 0 bridgehead atoms. The third-order valence-electron chi connectivity index (χ3n) is 5.60. The average molecular weight is 296 g/mol. The Labute approximate surface area is 128 Å². The Balaban J connectivity index is 1.86. The standard InChI is InChI=1S/C17H32N2O2/c1-13-5-4-6-17(18,11-13)14(20)19-12-16(21)9-7-15(2,3)8-10-16/h13,21H,4-12,18H2,1-3H3,(H,19,20). The fraction of sp³-hybridized carbons (Fsp3) is 0.941. The number of aliphatic hydroxyl groups is 1. The van der Waals surface area contributed by atoms with E-state index in [1.165, 1.54) is 0 Å². The minimum atomic E-state index is -0.748. The monoisotopic (exact) mass is 296 g/mol. The van der Waals surface area contributed by atoms with Gasteiger partial charge in [-0.15, -0.1) is 0 Å². The van der Waals surface area contributed by atoms with Crippen LogP contribution in [-0.2, 0) is 4.79 Å². The van der Waals surface area contributed by atoms with Gasteiger partial charge in [0.05, 0.1) is 11.1 Å². The van der Waals surface area contributed by atoms with E-state index in [9.17, 15) is 9.90 Å². The van der Waals surface area contributed by atoms with Crippen molar-refractivity contribution in [1.82, 2.24) is 5.32 Å². The topological polar surface area (TPSA) is 75.4 Å². The van der Waals surface area contributed by atoms with E-state index in [0.717, 1.165) is 51.4 Å². The van der Waals surface area contributed by atoms with Gasteiger partial charge in [0.2, 0.25) is 5.91 Å². The maximum absolute atomic E-state index is 12.4. The number of nitrogens with two attached hydrogens (primary N) is 1. The quantitative estimate of drug-likeness (QED) is 0.748. The molecule has 1 amide bonds. The van der Waals surface area contributed by atoms with Crippen molar-refractivity contribution in [2.45, 2.75) is 83.3 Å². The normalized spacial score (nSPS) is 35.2. The fourth-order valence-electron chi connectivity index (χ4n) is 3.79. The average Bonchev–Trinajstić information content (AvgIpc) is 2.40. The highest BCUT2D eigenvalue weighted by atomic mass is 16.3. The third-order valence-corrected chi connectivity index (χ3v) is 5.60. The Kier molecular flexibility index (Phi) is 4.69. The van der Waals surface area contributed by atoms with Gasteiger partial charge in [-0.1, -0.05) is 33.6 Å². The van der Waals surface area contributed by atoms with Crippen LogP contribution in [0.4, 0.5) is 0 Å². The molecule has 0 radical (unpaired) electrons. The first kappa shape index (κ1) is 16.8. The maximum atomic E-state index is 12.4. The van der Waals surface area contributed by atoms with E-state index in [2.05, 4.69) is 26.1 Å². The van der Waals surface area contributed by atoms with Crippen LogP contribution >= 0.6 is 0 Å². The minimum Gasteiger partial charge on any atom is -0.388 e. The lowest BCUT2D eigenvalue weighted by Crippen LogP contribution is -2.58. The summed E-state index contributed by atoms with van der Waals surface area (Å²) in [5.41, 5.74) is 5.13. The molecule has 2 fully saturated rings. The van der Waals surface area contributed by atoms with Crippen LogP contribution in [0.2, 0.25) is 0 Å². The smallest absolute Gasteiger partial charge is 0.240 e. The Morgan fingerprint density at radius 3 is 2.43 bits per heavy atom. The molecule has 0 spiro atoms. The lowest BCUT2D eigenvalue weighted by molar-refractivity contribution is -0.130. The molecule has 0 aromatic carbocycles. The molecule has 0 aromatic rings. The molecule has 0 saturated heterocycles. The number of carbonyl (C=O) groups excluding carboxylic acids is 1. The van der Waals surface area contributed by atoms with Gasteiger partial charge in [-0.3, -0.25) is 4.79 Å². The van der Waals surface area contributed by atoms with Gasteiger partial charge < -0.3 is 16.2 Å². The molecule has 4 N–H and O–H groups in total. The van der Waals surface area contributed by atoms with Crippen LogP contribution in [-0.4, -0.2) is 28.7 Å². The zero-order chi connectivity index (χ0) is 15.7. The van der Waals surface area contributed by atoms with Gasteiger partial charge in [0.1, 0.15) is 0 Å². The highest BCUT2D eigenvalue weighted by Gasteiger charge is 2.41. The minimum absolute atomic E-state index is 0.0766. The van der Waals surface area contributed by atoms with E-state index in [-0.39, 0.29) is 5.91 Å². The largest absolute Gasteiger partial charge is 0.388 e. The van der Waals surface area contributed by atoms with Gasteiger partial charge in [0.15, 0.2) is 0 Å². The Hall–Kier alpha value is -0.610. The van der Waals surface area contributed by atoms with E-state index >= 15 is 0 Å². The van der Waals surface area contributed by atoms with Crippen LogP contribution in [0.15, 0.2) is 0 Å². The highest BCUT2D eigenvalue weighted by Crippen LogP contribution is 2.40. The second-order valence-corrected chi connectivity index (χ2v) is 8.43. The summed E-state index contributed by atoms with van der Waals surface area (Å²) in [5.74, 6) is 0.431. The van der Waals surface area contributed by atoms with Crippen molar-refractivity contribution < 1.29 is 9.90 Å². The zero-order valence-corrected chi connectivity index (χ0v) is 13.9. The third kappa shape index (κ3) is 4.19. The number of carbonyl (C=O) groups is 1. The lowest BCUT2D eigenvalue weighted by Gasteiger charge is -2.41. The highest BCUT2D eigenvalue weighted by molar-refractivity contribution is 5.86. The molecule has 122 valence electrons. The lowest BCUT2D eigenvalue weighted by atomic mass is 9.71. The second-order valence-electron chi connectivity index (χ2n) is 8.43. The Morgan fingerprint density at radius 2 is 1.86 bits per heavy atom. The van der Waals surface area contributed by atoms with Crippen LogP contribution < -0.4 is 11.1 Å². The van der Waals surface area contributed by atoms with E-state index in [4.69, 9.17) is 5.73 Å². The van der Waals surface area contributed by atoms with Crippen molar-refractivity contribution >= 4 is 5.91 Å². The van der Waals surface area contributed by atoms with E-state index < -0.39 is 11.1 Å². The molecule has 0 aromatic heterocycles. The number of rotatable bonds is 3. The van der Waals surface area contributed by atoms with Gasteiger partial charge in [-0.2, -0.15) is 0 Å².